The minimum atomic E-state index is -5.08. The van der Waals surface area contributed by atoms with Crippen LogP contribution >= 0.6 is 11.3 Å². The molecule has 1 amide bonds. The third kappa shape index (κ3) is 6.64. The molecule has 1 aromatic heterocycles. The van der Waals surface area contributed by atoms with E-state index < -0.39 is 12.1 Å². The molecule has 1 aliphatic carbocycles. The van der Waals surface area contributed by atoms with Gasteiger partial charge in [-0.05, 0) is 51.0 Å². The van der Waals surface area contributed by atoms with E-state index in [1.807, 2.05) is 6.92 Å². The molecule has 30 heavy (non-hydrogen) atoms. The molecule has 0 radical (unpaired) electrons. The summed E-state index contributed by atoms with van der Waals surface area (Å²) in [5.74, 6) is -1.39. The van der Waals surface area contributed by atoms with Gasteiger partial charge in [0.15, 0.2) is 0 Å². The minimum Gasteiger partial charge on any atom is -0.475 e. The van der Waals surface area contributed by atoms with Crippen LogP contribution in [0.1, 0.15) is 36.4 Å². The molecule has 3 aliphatic rings. The molecule has 3 fully saturated rings. The Morgan fingerprint density at radius 1 is 1.37 bits per heavy atom. The molecule has 1 aromatic rings. The molecule has 7 nitrogen and oxygen atoms in total. The van der Waals surface area contributed by atoms with Crippen molar-refractivity contribution in [3.05, 3.63) is 16.1 Å². The van der Waals surface area contributed by atoms with Crippen molar-refractivity contribution in [3.63, 3.8) is 0 Å². The molecule has 168 valence electrons. The Hall–Kier alpha value is -1.72. The zero-order chi connectivity index (χ0) is 21.9. The minimum absolute atomic E-state index is 0.105. The summed E-state index contributed by atoms with van der Waals surface area (Å²) in [4.78, 5) is 28.1. The van der Waals surface area contributed by atoms with Crippen LogP contribution in [-0.2, 0) is 20.9 Å². The van der Waals surface area contributed by atoms with Gasteiger partial charge in [0.25, 0.3) is 0 Å². The molecule has 4 rings (SSSR count). The SMILES string of the molecule is Cc1nc(CN2CC[C@H]3C[C@H](C(=O)NCC4CC4)O[C@H]3C2)cs1.O=C(O)C(F)(F)F. The molecule has 0 bridgehead atoms. The Balaban J connectivity index is 0.000000318. The van der Waals surface area contributed by atoms with Crippen LogP contribution in [0.5, 0.6) is 0 Å². The first-order valence-electron chi connectivity index (χ1n) is 9.98. The lowest BCUT2D eigenvalue weighted by Gasteiger charge is -2.33. The van der Waals surface area contributed by atoms with Crippen LogP contribution in [0.4, 0.5) is 13.2 Å². The monoisotopic (exact) mass is 449 g/mol. The number of aryl methyl sites for hydroxylation is 1. The van der Waals surface area contributed by atoms with E-state index in [2.05, 4.69) is 20.6 Å². The Morgan fingerprint density at radius 3 is 2.63 bits per heavy atom. The number of carbonyl (C=O) groups excluding carboxylic acids is 1. The number of aromatic nitrogens is 1. The number of amides is 1. The normalized spacial score (nSPS) is 26.5. The van der Waals surface area contributed by atoms with Gasteiger partial charge in [-0.2, -0.15) is 13.2 Å². The summed E-state index contributed by atoms with van der Waals surface area (Å²) in [5, 5.41) is 13.5. The van der Waals surface area contributed by atoms with Crippen LogP contribution in [0, 0.1) is 18.8 Å². The quantitative estimate of drug-likeness (QED) is 0.718. The van der Waals surface area contributed by atoms with Gasteiger partial charge < -0.3 is 15.2 Å². The Labute approximate surface area is 176 Å². The Morgan fingerprint density at radius 2 is 2.07 bits per heavy atom. The predicted octanol–water partition coefficient (Wildman–Crippen LogP) is 2.59. The first-order chi connectivity index (χ1) is 14.1. The number of halogens is 3. The molecule has 0 unspecified atom stereocenters. The number of piperidine rings is 1. The van der Waals surface area contributed by atoms with Crippen LogP contribution in [0.25, 0.3) is 0 Å². The zero-order valence-corrected chi connectivity index (χ0v) is 17.5. The molecule has 2 saturated heterocycles. The summed E-state index contributed by atoms with van der Waals surface area (Å²) in [6.07, 6.45) is -0.555. The Bertz CT molecular complexity index is 754. The first kappa shape index (κ1) is 23.0. The number of nitrogens with one attached hydrogen (secondary N) is 1. The van der Waals surface area contributed by atoms with Crippen LogP contribution in [0.2, 0.25) is 0 Å². The average molecular weight is 449 g/mol. The van der Waals surface area contributed by atoms with Crippen molar-refractivity contribution >= 4 is 23.2 Å². The van der Waals surface area contributed by atoms with E-state index in [4.69, 9.17) is 14.6 Å². The number of fused-ring (bicyclic) bond motifs is 1. The third-order valence-electron chi connectivity index (χ3n) is 5.48. The molecule has 2 aliphatic heterocycles. The van der Waals surface area contributed by atoms with Crippen molar-refractivity contribution in [3.8, 4) is 0 Å². The van der Waals surface area contributed by atoms with Gasteiger partial charge in [0.1, 0.15) is 6.10 Å². The summed E-state index contributed by atoms with van der Waals surface area (Å²) >= 11 is 1.71. The highest BCUT2D eigenvalue weighted by Crippen LogP contribution is 2.34. The fourth-order valence-electron chi connectivity index (χ4n) is 3.70. The number of carbonyl (C=O) groups is 2. The average Bonchev–Trinajstić information content (AvgIpc) is 3.26. The van der Waals surface area contributed by atoms with Crippen LogP contribution in [0.3, 0.4) is 0 Å². The van der Waals surface area contributed by atoms with E-state index in [1.54, 1.807) is 11.3 Å². The summed E-state index contributed by atoms with van der Waals surface area (Å²) in [6, 6.07) is 0. The van der Waals surface area contributed by atoms with Crippen molar-refractivity contribution in [2.75, 3.05) is 19.6 Å². The zero-order valence-electron chi connectivity index (χ0n) is 16.7. The number of nitrogens with zero attached hydrogens (tertiary/aromatic N) is 2. The van der Waals surface area contributed by atoms with Gasteiger partial charge in [0, 0.05) is 25.0 Å². The molecule has 3 atom stereocenters. The number of rotatable bonds is 5. The van der Waals surface area contributed by atoms with Gasteiger partial charge in [0.2, 0.25) is 5.91 Å². The maximum atomic E-state index is 12.2. The van der Waals surface area contributed by atoms with Gasteiger partial charge in [-0.15, -0.1) is 11.3 Å². The number of ether oxygens (including phenoxy) is 1. The highest BCUT2D eigenvalue weighted by Gasteiger charge is 2.42. The molecule has 2 N–H and O–H groups in total. The number of hydrogen-bond donors (Lipinski definition) is 2. The van der Waals surface area contributed by atoms with E-state index >= 15 is 0 Å². The predicted molar refractivity (Wildman–Crippen MR) is 103 cm³/mol. The molecule has 1 saturated carbocycles. The van der Waals surface area contributed by atoms with E-state index in [9.17, 15) is 18.0 Å². The molecule has 0 spiro atoms. The number of carboxylic acid groups (broad SMARTS) is 1. The number of thiazole rings is 1. The van der Waals surface area contributed by atoms with Crippen molar-refractivity contribution in [1.82, 2.24) is 15.2 Å². The van der Waals surface area contributed by atoms with Crippen molar-refractivity contribution in [2.45, 2.75) is 57.5 Å². The van der Waals surface area contributed by atoms with E-state index in [1.165, 1.54) is 12.8 Å². The van der Waals surface area contributed by atoms with Crippen molar-refractivity contribution < 1.29 is 32.6 Å². The lowest BCUT2D eigenvalue weighted by Crippen LogP contribution is -2.42. The van der Waals surface area contributed by atoms with Gasteiger partial charge in [0.05, 0.1) is 16.8 Å². The lowest BCUT2D eigenvalue weighted by atomic mass is 9.91. The summed E-state index contributed by atoms with van der Waals surface area (Å²) < 4.78 is 37.8. The van der Waals surface area contributed by atoms with E-state index in [0.29, 0.717) is 5.92 Å². The number of carboxylic acids is 1. The second kappa shape index (κ2) is 9.61. The van der Waals surface area contributed by atoms with Crippen molar-refractivity contribution in [1.29, 1.82) is 0 Å². The van der Waals surface area contributed by atoms with Gasteiger partial charge >= 0.3 is 12.1 Å². The maximum Gasteiger partial charge on any atom is 0.490 e. The van der Waals surface area contributed by atoms with Gasteiger partial charge in [-0.3, -0.25) is 9.69 Å². The standard InChI is InChI=1S/C17H25N3O2S.C2HF3O2/c1-11-19-14(10-23-11)8-20-5-4-13-6-15(22-16(13)9-20)17(21)18-7-12-2-3-12;3-2(4,5)1(6)7/h10,12-13,15-16H,2-9H2,1H3,(H,18,21);(H,6,7)/t13-,15+,16-;/m0./s1. The van der Waals surface area contributed by atoms with Gasteiger partial charge in [-0.1, -0.05) is 0 Å². The largest absolute Gasteiger partial charge is 0.490 e. The van der Waals surface area contributed by atoms with Crippen LogP contribution in [-0.4, -0.2) is 64.9 Å². The highest BCUT2D eigenvalue weighted by atomic mass is 32.1. The molecular formula is C19H26F3N3O4S. The van der Waals surface area contributed by atoms with Gasteiger partial charge in [-0.25, -0.2) is 9.78 Å². The number of alkyl halides is 3. The van der Waals surface area contributed by atoms with Crippen molar-refractivity contribution in [2.24, 2.45) is 11.8 Å². The molecule has 3 heterocycles. The molecular weight excluding hydrogens is 423 g/mol. The summed E-state index contributed by atoms with van der Waals surface area (Å²) in [5.41, 5.74) is 1.16. The molecule has 0 aromatic carbocycles. The second-order valence-corrected chi connectivity index (χ2v) is 9.09. The smallest absolute Gasteiger partial charge is 0.475 e. The number of aliphatic carboxylic acids is 1. The third-order valence-corrected chi connectivity index (χ3v) is 6.31. The van der Waals surface area contributed by atoms with E-state index in [0.717, 1.165) is 55.6 Å². The molecule has 11 heteroatoms. The topological polar surface area (TPSA) is 91.8 Å². The summed E-state index contributed by atoms with van der Waals surface area (Å²) in [7, 11) is 0. The fraction of sp³-hybridized carbons (Fsp3) is 0.737. The first-order valence-corrected chi connectivity index (χ1v) is 10.9. The van der Waals surface area contributed by atoms with Crippen LogP contribution in [0.15, 0.2) is 5.38 Å². The van der Waals surface area contributed by atoms with E-state index in [-0.39, 0.29) is 18.1 Å². The number of hydrogen-bond acceptors (Lipinski definition) is 6. The summed E-state index contributed by atoms with van der Waals surface area (Å²) in [6.45, 7) is 5.79. The number of likely N-dealkylation sites (tertiary alicyclic amines) is 1. The second-order valence-electron chi connectivity index (χ2n) is 8.03. The lowest BCUT2D eigenvalue weighted by molar-refractivity contribution is -0.192. The fourth-order valence-corrected chi connectivity index (χ4v) is 4.30. The van der Waals surface area contributed by atoms with Crippen LogP contribution < -0.4 is 5.32 Å². The maximum absolute atomic E-state index is 12.2. The Kier molecular flexibility index (Phi) is 7.35. The highest BCUT2D eigenvalue weighted by molar-refractivity contribution is 7.09.